The van der Waals surface area contributed by atoms with Crippen molar-refractivity contribution in [2.75, 3.05) is 13.2 Å². The van der Waals surface area contributed by atoms with Crippen LogP contribution in [0.3, 0.4) is 0 Å². The zero-order chi connectivity index (χ0) is 26.3. The number of hydrogen-bond acceptors (Lipinski definition) is 5. The molecule has 5 rings (SSSR count). The maximum atomic E-state index is 13.8. The Bertz CT molecular complexity index is 1560. The first-order valence-electron chi connectivity index (χ1n) is 12.0. The van der Waals surface area contributed by atoms with Gasteiger partial charge in [0.2, 0.25) is 5.76 Å². The topological polar surface area (TPSA) is 69.0 Å². The molecule has 8 heteroatoms. The number of benzene rings is 3. The molecule has 1 amide bonds. The molecule has 0 bridgehead atoms. The first-order chi connectivity index (χ1) is 17.8. The highest BCUT2D eigenvalue weighted by Gasteiger charge is 2.43. The molecular weight excluding hydrogens is 497 g/mol. The van der Waals surface area contributed by atoms with Crippen LogP contribution in [0, 0.1) is 12.7 Å². The van der Waals surface area contributed by atoms with E-state index in [1.54, 1.807) is 48.2 Å². The minimum Gasteiger partial charge on any atom is -0.490 e. The summed E-state index contributed by atoms with van der Waals surface area (Å²) in [5, 5.41) is 0.732. The van der Waals surface area contributed by atoms with Crippen molar-refractivity contribution in [2.24, 2.45) is 0 Å². The first-order valence-corrected chi connectivity index (χ1v) is 12.4. The third kappa shape index (κ3) is 4.44. The Hall–Kier alpha value is -3.84. The third-order valence-corrected chi connectivity index (χ3v) is 6.80. The van der Waals surface area contributed by atoms with E-state index in [1.165, 1.54) is 12.1 Å². The van der Waals surface area contributed by atoms with E-state index in [9.17, 15) is 14.0 Å². The van der Waals surface area contributed by atoms with Gasteiger partial charge in [0.05, 0.1) is 30.2 Å². The third-order valence-electron chi connectivity index (χ3n) is 6.40. The molecule has 0 spiro atoms. The van der Waals surface area contributed by atoms with Gasteiger partial charge in [-0.25, -0.2) is 4.39 Å². The first kappa shape index (κ1) is 24.8. The van der Waals surface area contributed by atoms with Crippen LogP contribution in [0.15, 0.2) is 63.8 Å². The van der Waals surface area contributed by atoms with Crippen LogP contribution in [-0.2, 0) is 6.54 Å². The fourth-order valence-corrected chi connectivity index (χ4v) is 4.84. The van der Waals surface area contributed by atoms with E-state index in [0.29, 0.717) is 51.8 Å². The predicted molar refractivity (Wildman–Crippen MR) is 139 cm³/mol. The Labute approximate surface area is 218 Å². The number of ether oxygens (including phenoxy) is 2. The molecule has 37 heavy (non-hydrogen) atoms. The molecule has 1 aromatic heterocycles. The molecule has 6 nitrogen and oxygen atoms in total. The SMILES string of the molecule is CCOc1ccc(C2c3c(oc4cc(C)c(Cl)cc4c3=O)C(=O)N2Cc2ccc(F)cc2)cc1OCC. The smallest absolute Gasteiger partial charge is 0.291 e. The van der Waals surface area contributed by atoms with E-state index in [0.717, 1.165) is 5.56 Å². The zero-order valence-electron chi connectivity index (χ0n) is 20.6. The molecule has 0 radical (unpaired) electrons. The number of aryl methyl sites for hydroxylation is 1. The summed E-state index contributed by atoms with van der Waals surface area (Å²) in [5.41, 5.74) is 2.29. The Kier molecular flexibility index (Phi) is 6.65. The van der Waals surface area contributed by atoms with Crippen LogP contribution >= 0.6 is 11.6 Å². The molecule has 0 aliphatic carbocycles. The van der Waals surface area contributed by atoms with E-state index in [1.807, 2.05) is 19.9 Å². The van der Waals surface area contributed by atoms with Crippen molar-refractivity contribution in [3.05, 3.63) is 104 Å². The van der Waals surface area contributed by atoms with Gasteiger partial charge in [-0.05, 0) is 73.9 Å². The highest BCUT2D eigenvalue weighted by Crippen LogP contribution is 2.42. The zero-order valence-corrected chi connectivity index (χ0v) is 21.4. The second-order valence-corrected chi connectivity index (χ2v) is 9.21. The van der Waals surface area contributed by atoms with E-state index < -0.39 is 11.9 Å². The Morgan fingerprint density at radius 3 is 2.38 bits per heavy atom. The number of rotatable bonds is 7. The summed E-state index contributed by atoms with van der Waals surface area (Å²) in [6.07, 6.45) is 0. The summed E-state index contributed by atoms with van der Waals surface area (Å²) in [4.78, 5) is 29.1. The van der Waals surface area contributed by atoms with Gasteiger partial charge in [0.25, 0.3) is 5.91 Å². The second kappa shape index (κ2) is 9.90. The van der Waals surface area contributed by atoms with E-state index in [4.69, 9.17) is 25.5 Å². The molecule has 0 fully saturated rings. The normalized spacial score (nSPS) is 14.8. The van der Waals surface area contributed by atoms with Crippen LogP contribution in [0.25, 0.3) is 11.0 Å². The average molecular weight is 522 g/mol. The molecule has 0 saturated carbocycles. The van der Waals surface area contributed by atoms with Crippen LogP contribution in [0.2, 0.25) is 5.02 Å². The van der Waals surface area contributed by atoms with Crippen LogP contribution in [0.5, 0.6) is 11.5 Å². The quantitative estimate of drug-likeness (QED) is 0.280. The van der Waals surface area contributed by atoms with Crippen LogP contribution in [0.4, 0.5) is 4.39 Å². The van der Waals surface area contributed by atoms with Crippen LogP contribution < -0.4 is 14.9 Å². The summed E-state index contributed by atoms with van der Waals surface area (Å²) in [6.45, 7) is 6.55. The summed E-state index contributed by atoms with van der Waals surface area (Å²) >= 11 is 6.33. The monoisotopic (exact) mass is 521 g/mol. The molecule has 0 N–H and O–H groups in total. The number of nitrogens with zero attached hydrogens (tertiary/aromatic N) is 1. The highest BCUT2D eigenvalue weighted by atomic mass is 35.5. The number of amides is 1. The van der Waals surface area contributed by atoms with Gasteiger partial charge in [0.1, 0.15) is 11.4 Å². The van der Waals surface area contributed by atoms with Crippen molar-refractivity contribution in [2.45, 2.75) is 33.4 Å². The van der Waals surface area contributed by atoms with E-state index in [2.05, 4.69) is 0 Å². The molecule has 0 saturated heterocycles. The van der Waals surface area contributed by atoms with Crippen LogP contribution in [-0.4, -0.2) is 24.0 Å². The van der Waals surface area contributed by atoms with Gasteiger partial charge in [0.15, 0.2) is 16.9 Å². The molecule has 4 aromatic rings. The van der Waals surface area contributed by atoms with Gasteiger partial charge in [-0.2, -0.15) is 0 Å². The number of carbonyl (C=O) groups is 1. The maximum Gasteiger partial charge on any atom is 0.291 e. The Morgan fingerprint density at radius 1 is 0.973 bits per heavy atom. The minimum absolute atomic E-state index is 0.0156. The molecule has 1 aliphatic heterocycles. The number of halogens is 2. The summed E-state index contributed by atoms with van der Waals surface area (Å²) in [5.74, 6) is 0.254. The predicted octanol–water partition coefficient (Wildman–Crippen LogP) is 6.44. The van der Waals surface area contributed by atoms with Gasteiger partial charge in [-0.1, -0.05) is 29.8 Å². The lowest BCUT2D eigenvalue weighted by Gasteiger charge is -2.26. The minimum atomic E-state index is -0.761. The molecule has 1 unspecified atom stereocenters. The summed E-state index contributed by atoms with van der Waals surface area (Å²) in [7, 11) is 0. The fraction of sp³-hybridized carbons (Fsp3) is 0.241. The molecular formula is C29H25ClFNO5. The fourth-order valence-electron chi connectivity index (χ4n) is 4.67. The number of carbonyl (C=O) groups excluding carboxylic acids is 1. The van der Waals surface area contributed by atoms with Crippen molar-refractivity contribution in [1.29, 1.82) is 0 Å². The maximum absolute atomic E-state index is 13.8. The van der Waals surface area contributed by atoms with Gasteiger partial charge < -0.3 is 18.8 Å². The van der Waals surface area contributed by atoms with Gasteiger partial charge in [-0.3, -0.25) is 9.59 Å². The summed E-state index contributed by atoms with van der Waals surface area (Å²) < 4.78 is 31.1. The van der Waals surface area contributed by atoms with Gasteiger partial charge in [0, 0.05) is 11.6 Å². The largest absolute Gasteiger partial charge is 0.490 e. The standard InChI is InChI=1S/C29H25ClFNO5/c1-4-35-22-11-8-18(13-24(22)36-5-2)26-25-27(33)20-14-21(30)16(3)12-23(20)37-28(25)29(34)32(26)15-17-6-9-19(31)10-7-17/h6-14,26H,4-5,15H2,1-3H3. The lowest BCUT2D eigenvalue weighted by molar-refractivity contribution is 0.0714. The molecule has 1 aliphatic rings. The number of fused-ring (bicyclic) bond motifs is 2. The van der Waals surface area contributed by atoms with E-state index in [-0.39, 0.29) is 29.1 Å². The van der Waals surface area contributed by atoms with E-state index >= 15 is 0 Å². The lowest BCUT2D eigenvalue weighted by atomic mass is 9.97. The average Bonchev–Trinajstić information content (AvgIpc) is 3.15. The van der Waals surface area contributed by atoms with Crippen molar-refractivity contribution < 1.29 is 23.1 Å². The molecule has 3 aromatic carbocycles. The molecule has 2 heterocycles. The van der Waals surface area contributed by atoms with Crippen molar-refractivity contribution in [1.82, 2.24) is 4.90 Å². The Balaban J connectivity index is 1.72. The van der Waals surface area contributed by atoms with Crippen molar-refractivity contribution in [3.63, 3.8) is 0 Å². The molecule has 1 atom stereocenters. The second-order valence-electron chi connectivity index (χ2n) is 8.81. The van der Waals surface area contributed by atoms with Gasteiger partial charge >= 0.3 is 0 Å². The lowest BCUT2D eigenvalue weighted by Crippen LogP contribution is -2.29. The van der Waals surface area contributed by atoms with Gasteiger partial charge in [-0.15, -0.1) is 0 Å². The number of hydrogen-bond donors (Lipinski definition) is 0. The van der Waals surface area contributed by atoms with Crippen molar-refractivity contribution in [3.8, 4) is 11.5 Å². The van der Waals surface area contributed by atoms with Crippen molar-refractivity contribution >= 4 is 28.5 Å². The Morgan fingerprint density at radius 2 is 1.68 bits per heavy atom. The highest BCUT2D eigenvalue weighted by molar-refractivity contribution is 6.32. The summed E-state index contributed by atoms with van der Waals surface area (Å²) in [6, 6.07) is 13.7. The van der Waals surface area contributed by atoms with Crippen LogP contribution in [0.1, 0.15) is 52.7 Å². The molecule has 190 valence electrons.